The summed E-state index contributed by atoms with van der Waals surface area (Å²) in [6.45, 7) is 5.99. The summed E-state index contributed by atoms with van der Waals surface area (Å²) in [4.78, 5) is 0. The molecule has 0 aromatic heterocycles. The molecule has 1 unspecified atom stereocenters. The van der Waals surface area contributed by atoms with Gasteiger partial charge in [0.1, 0.15) is 0 Å². The Kier molecular flexibility index (Phi) is 4.62. The van der Waals surface area contributed by atoms with Gasteiger partial charge in [0.15, 0.2) is 5.11 Å². The first kappa shape index (κ1) is 17.0. The third kappa shape index (κ3) is 3.18. The molecule has 0 bridgehead atoms. The van der Waals surface area contributed by atoms with Crippen LogP contribution in [-0.4, -0.2) is 18.2 Å². The van der Waals surface area contributed by atoms with Crippen LogP contribution in [0.4, 0.5) is 0 Å². The number of thiocarbonyl (C=S) groups is 1. The summed E-state index contributed by atoms with van der Waals surface area (Å²) >= 11 is 5.53. The lowest BCUT2D eigenvalue weighted by Gasteiger charge is -2.37. The average Bonchev–Trinajstić information content (AvgIpc) is 2.64. The Balaban J connectivity index is 1.81. The van der Waals surface area contributed by atoms with Crippen molar-refractivity contribution in [2.45, 2.75) is 19.9 Å². The minimum Gasteiger partial charge on any atom is -0.352 e. The quantitative estimate of drug-likeness (QED) is 0.712. The molecule has 2 aliphatic rings. The molecule has 2 aromatic carbocycles. The van der Waals surface area contributed by atoms with Gasteiger partial charge in [-0.3, -0.25) is 0 Å². The fourth-order valence-corrected chi connectivity index (χ4v) is 3.95. The molecule has 132 valence electrons. The molecule has 3 nitrogen and oxygen atoms in total. The number of rotatable bonds is 2. The van der Waals surface area contributed by atoms with E-state index in [-0.39, 0.29) is 6.04 Å². The van der Waals surface area contributed by atoms with Crippen LogP contribution in [0.15, 0.2) is 65.4 Å². The van der Waals surface area contributed by atoms with Gasteiger partial charge in [0, 0.05) is 18.8 Å². The minimum atomic E-state index is 0.105. The van der Waals surface area contributed by atoms with Crippen LogP contribution in [0.2, 0.25) is 0 Å². The Morgan fingerprint density at radius 1 is 0.962 bits per heavy atom. The molecule has 0 saturated carbocycles. The van der Waals surface area contributed by atoms with Gasteiger partial charge in [0.25, 0.3) is 0 Å². The Morgan fingerprint density at radius 2 is 1.69 bits per heavy atom. The van der Waals surface area contributed by atoms with Crippen molar-refractivity contribution in [1.82, 2.24) is 16.0 Å². The van der Waals surface area contributed by atoms with Gasteiger partial charge in [-0.1, -0.05) is 48.5 Å². The number of hydrogen-bond acceptors (Lipinski definition) is 2. The molecule has 4 heteroatoms. The van der Waals surface area contributed by atoms with Crippen LogP contribution in [0, 0.1) is 13.8 Å². The minimum absolute atomic E-state index is 0.105. The van der Waals surface area contributed by atoms with Gasteiger partial charge in [-0.25, -0.2) is 0 Å². The van der Waals surface area contributed by atoms with E-state index in [2.05, 4.69) is 84.4 Å². The smallest absolute Gasteiger partial charge is 0.171 e. The largest absolute Gasteiger partial charge is 0.352 e. The van der Waals surface area contributed by atoms with Crippen molar-refractivity contribution in [1.29, 1.82) is 0 Å². The van der Waals surface area contributed by atoms with Crippen molar-refractivity contribution in [3.8, 4) is 0 Å². The first-order valence-corrected chi connectivity index (χ1v) is 9.37. The Labute approximate surface area is 160 Å². The number of hydrogen-bond donors (Lipinski definition) is 3. The Hall–Kier alpha value is -2.43. The zero-order chi connectivity index (χ0) is 18.1. The maximum absolute atomic E-state index is 5.53. The molecular weight excluding hydrogens is 338 g/mol. The van der Waals surface area contributed by atoms with Gasteiger partial charge < -0.3 is 16.0 Å². The molecule has 2 aliphatic heterocycles. The van der Waals surface area contributed by atoms with Crippen molar-refractivity contribution in [2.24, 2.45) is 0 Å². The molecule has 2 aromatic rings. The zero-order valence-corrected chi connectivity index (χ0v) is 15.9. The zero-order valence-electron chi connectivity index (χ0n) is 15.1. The highest BCUT2D eigenvalue weighted by Gasteiger charge is 2.30. The molecule has 0 radical (unpaired) electrons. The van der Waals surface area contributed by atoms with Gasteiger partial charge in [-0.2, -0.15) is 0 Å². The summed E-state index contributed by atoms with van der Waals surface area (Å²) in [5.41, 5.74) is 8.82. The van der Waals surface area contributed by atoms with E-state index >= 15 is 0 Å². The maximum atomic E-state index is 5.53. The van der Waals surface area contributed by atoms with E-state index in [0.29, 0.717) is 5.11 Å². The number of nitrogens with one attached hydrogen (secondary N) is 3. The van der Waals surface area contributed by atoms with Crippen LogP contribution in [0.3, 0.4) is 0 Å². The Bertz CT molecular complexity index is 926. The monoisotopic (exact) mass is 361 g/mol. The highest BCUT2D eigenvalue weighted by molar-refractivity contribution is 7.80. The van der Waals surface area contributed by atoms with E-state index in [9.17, 15) is 0 Å². The van der Waals surface area contributed by atoms with Crippen LogP contribution < -0.4 is 16.0 Å². The summed E-state index contributed by atoms with van der Waals surface area (Å²) in [5.74, 6) is 0. The molecule has 2 heterocycles. The normalized spacial score (nSPS) is 21.2. The van der Waals surface area contributed by atoms with Gasteiger partial charge in [0.2, 0.25) is 0 Å². The average molecular weight is 362 g/mol. The second-order valence-corrected chi connectivity index (χ2v) is 7.33. The molecule has 0 aliphatic carbocycles. The lowest BCUT2D eigenvalue weighted by atomic mass is 9.88. The molecule has 4 rings (SSSR count). The molecular formula is C22H23N3S. The van der Waals surface area contributed by atoms with Crippen LogP contribution in [0.1, 0.15) is 28.3 Å². The summed E-state index contributed by atoms with van der Waals surface area (Å²) in [7, 11) is 0. The number of benzene rings is 2. The van der Waals surface area contributed by atoms with Crippen molar-refractivity contribution in [3.05, 3.63) is 87.6 Å². The molecule has 3 N–H and O–H groups in total. The highest BCUT2D eigenvalue weighted by Crippen LogP contribution is 2.33. The van der Waals surface area contributed by atoms with E-state index in [0.717, 1.165) is 13.1 Å². The third-order valence-corrected chi connectivity index (χ3v) is 5.37. The van der Waals surface area contributed by atoms with Gasteiger partial charge in [0.05, 0.1) is 6.04 Å². The second-order valence-electron chi connectivity index (χ2n) is 6.92. The van der Waals surface area contributed by atoms with Crippen molar-refractivity contribution in [2.75, 3.05) is 13.1 Å². The predicted molar refractivity (Wildman–Crippen MR) is 112 cm³/mol. The first-order valence-electron chi connectivity index (χ1n) is 8.97. The van der Waals surface area contributed by atoms with Crippen LogP contribution >= 0.6 is 12.2 Å². The lowest BCUT2D eigenvalue weighted by Crippen LogP contribution is -2.49. The summed E-state index contributed by atoms with van der Waals surface area (Å²) in [6, 6.07) is 17.1. The fourth-order valence-electron chi connectivity index (χ4n) is 3.73. The van der Waals surface area contributed by atoms with E-state index in [1.807, 2.05) is 0 Å². The van der Waals surface area contributed by atoms with Crippen molar-refractivity contribution in [3.63, 3.8) is 0 Å². The highest BCUT2D eigenvalue weighted by atomic mass is 32.1. The van der Waals surface area contributed by atoms with Crippen molar-refractivity contribution < 1.29 is 0 Å². The molecule has 1 atom stereocenters. The third-order valence-electron chi connectivity index (χ3n) is 5.15. The number of aryl methyl sites for hydroxylation is 2. The summed E-state index contributed by atoms with van der Waals surface area (Å²) in [6.07, 6.45) is 2.27. The van der Waals surface area contributed by atoms with Gasteiger partial charge in [-0.15, -0.1) is 0 Å². The maximum Gasteiger partial charge on any atom is 0.171 e. The Morgan fingerprint density at radius 3 is 2.46 bits per heavy atom. The van der Waals surface area contributed by atoms with E-state index in [4.69, 9.17) is 12.2 Å². The predicted octanol–water partition coefficient (Wildman–Crippen LogP) is 3.76. The standard InChI is InChI=1S/C22H23N3S/c1-14-7-3-5-9-16(14)11-17-12-23-13-19-20(17)24-22(26)25-21(19)18-10-6-4-8-15(18)2/h3-11,21,23H,12-13H2,1-2H3,(H2,24,25,26)/b17-11+. The van der Waals surface area contributed by atoms with Gasteiger partial charge in [-0.05, 0) is 65.5 Å². The van der Waals surface area contributed by atoms with Crippen LogP contribution in [0.5, 0.6) is 0 Å². The van der Waals surface area contributed by atoms with E-state index in [1.165, 1.54) is 39.1 Å². The van der Waals surface area contributed by atoms with E-state index < -0.39 is 0 Å². The van der Waals surface area contributed by atoms with E-state index in [1.54, 1.807) is 0 Å². The van der Waals surface area contributed by atoms with Crippen LogP contribution in [0.25, 0.3) is 6.08 Å². The molecule has 0 amide bonds. The SMILES string of the molecule is Cc1ccccc1/C=C1\CNCC2=C1NC(=S)NC2c1ccccc1C. The molecule has 26 heavy (non-hydrogen) atoms. The molecule has 0 fully saturated rings. The summed E-state index contributed by atoms with van der Waals surface area (Å²) < 4.78 is 0. The molecule has 0 saturated heterocycles. The molecule has 0 spiro atoms. The fraction of sp³-hybridized carbons (Fsp3) is 0.227. The topological polar surface area (TPSA) is 36.1 Å². The summed E-state index contributed by atoms with van der Waals surface area (Å²) in [5, 5.41) is 11.1. The first-order chi connectivity index (χ1) is 12.6. The van der Waals surface area contributed by atoms with Crippen molar-refractivity contribution >= 4 is 23.4 Å². The van der Waals surface area contributed by atoms with Crippen LogP contribution in [-0.2, 0) is 0 Å². The van der Waals surface area contributed by atoms with Gasteiger partial charge >= 0.3 is 0 Å². The second kappa shape index (κ2) is 7.06. The lowest BCUT2D eigenvalue weighted by molar-refractivity contribution is 0.612.